The summed E-state index contributed by atoms with van der Waals surface area (Å²) in [5, 5.41) is 0. The van der Waals surface area contributed by atoms with Crippen LogP contribution >= 0.6 is 15.9 Å². The monoisotopic (exact) mass is 351 g/mol. The van der Waals surface area contributed by atoms with Crippen molar-refractivity contribution in [2.24, 2.45) is 0 Å². The van der Waals surface area contributed by atoms with Crippen molar-refractivity contribution in [1.29, 1.82) is 0 Å². The van der Waals surface area contributed by atoms with E-state index < -0.39 is 17.6 Å². The predicted molar refractivity (Wildman–Crippen MR) is 70.5 cm³/mol. The minimum absolute atomic E-state index is 0.0294. The minimum Gasteiger partial charge on any atom is -0.380 e. The highest BCUT2D eigenvalue weighted by atomic mass is 79.9. The molecule has 0 saturated carbocycles. The van der Waals surface area contributed by atoms with Crippen LogP contribution in [0.5, 0.6) is 0 Å². The van der Waals surface area contributed by atoms with Crippen LogP contribution in [-0.4, -0.2) is 37.1 Å². The van der Waals surface area contributed by atoms with Gasteiger partial charge in [0.15, 0.2) is 0 Å². The van der Waals surface area contributed by atoms with Gasteiger partial charge in [-0.15, -0.1) is 0 Å². The first-order valence-corrected chi connectivity index (χ1v) is 6.92. The molecular formula is C13H13BrF3NO2. The lowest BCUT2D eigenvalue weighted by molar-refractivity contribution is -0.137. The molecule has 0 N–H and O–H groups in total. The van der Waals surface area contributed by atoms with Crippen LogP contribution in [0.4, 0.5) is 13.2 Å². The van der Waals surface area contributed by atoms with Crippen molar-refractivity contribution in [3.8, 4) is 0 Å². The van der Waals surface area contributed by atoms with Gasteiger partial charge in [0, 0.05) is 24.2 Å². The number of hydrogen-bond donors (Lipinski definition) is 0. The summed E-state index contributed by atoms with van der Waals surface area (Å²) >= 11 is 3.14. The van der Waals surface area contributed by atoms with Gasteiger partial charge >= 0.3 is 6.18 Å². The molecule has 1 fully saturated rings. The highest BCUT2D eigenvalue weighted by Crippen LogP contribution is 2.32. The van der Waals surface area contributed by atoms with Crippen LogP contribution in [0.25, 0.3) is 0 Å². The lowest BCUT2D eigenvalue weighted by Crippen LogP contribution is -2.33. The van der Waals surface area contributed by atoms with Gasteiger partial charge in [-0.3, -0.25) is 4.79 Å². The number of hydrogen-bond acceptors (Lipinski definition) is 2. The van der Waals surface area contributed by atoms with E-state index in [0.29, 0.717) is 37.2 Å². The molecule has 1 heterocycles. The van der Waals surface area contributed by atoms with E-state index in [2.05, 4.69) is 15.9 Å². The van der Waals surface area contributed by atoms with Gasteiger partial charge in [0.1, 0.15) is 0 Å². The summed E-state index contributed by atoms with van der Waals surface area (Å²) < 4.78 is 43.7. The second kappa shape index (κ2) is 6.13. The molecule has 1 aliphatic heterocycles. The van der Waals surface area contributed by atoms with Gasteiger partial charge in [0.25, 0.3) is 5.91 Å². The van der Waals surface area contributed by atoms with E-state index in [1.165, 1.54) is 11.0 Å². The fourth-order valence-electron chi connectivity index (χ4n) is 1.99. The third kappa shape index (κ3) is 3.52. The average Bonchev–Trinajstić information content (AvgIpc) is 2.66. The molecule has 1 amide bonds. The van der Waals surface area contributed by atoms with Gasteiger partial charge < -0.3 is 9.64 Å². The van der Waals surface area contributed by atoms with Crippen LogP contribution < -0.4 is 0 Å². The molecule has 0 aliphatic carbocycles. The maximum Gasteiger partial charge on any atom is 0.416 e. The van der Waals surface area contributed by atoms with Crippen molar-refractivity contribution in [3.63, 3.8) is 0 Å². The third-order valence-electron chi connectivity index (χ3n) is 3.03. The number of carbonyl (C=O) groups excluding carboxylic acids is 1. The van der Waals surface area contributed by atoms with E-state index in [9.17, 15) is 18.0 Å². The van der Waals surface area contributed by atoms with Gasteiger partial charge in [-0.25, -0.2) is 0 Å². The topological polar surface area (TPSA) is 29.5 Å². The molecule has 0 atom stereocenters. The maximum absolute atomic E-state index is 12.7. The molecule has 0 unspecified atom stereocenters. The molecule has 0 radical (unpaired) electrons. The van der Waals surface area contributed by atoms with E-state index in [1.54, 1.807) is 0 Å². The summed E-state index contributed by atoms with van der Waals surface area (Å²) in [5.74, 6) is -0.409. The predicted octanol–water partition coefficient (Wildman–Crippen LogP) is 3.33. The number of halogens is 4. The molecule has 20 heavy (non-hydrogen) atoms. The Morgan fingerprint density at radius 3 is 2.70 bits per heavy atom. The second-order valence-electron chi connectivity index (χ2n) is 4.45. The summed E-state index contributed by atoms with van der Waals surface area (Å²) in [6.07, 6.45) is -3.78. The fraction of sp³-hybridized carbons (Fsp3) is 0.462. The van der Waals surface area contributed by atoms with Crippen molar-refractivity contribution < 1.29 is 22.7 Å². The second-order valence-corrected chi connectivity index (χ2v) is 5.30. The number of carbonyl (C=O) groups is 1. The smallest absolute Gasteiger partial charge is 0.380 e. The quantitative estimate of drug-likeness (QED) is 0.776. The van der Waals surface area contributed by atoms with Crippen molar-refractivity contribution in [2.75, 3.05) is 26.3 Å². The van der Waals surface area contributed by atoms with Crippen LogP contribution in [0.15, 0.2) is 22.7 Å². The van der Waals surface area contributed by atoms with Crippen LogP contribution in [0.2, 0.25) is 0 Å². The summed E-state index contributed by atoms with van der Waals surface area (Å²) in [7, 11) is 0. The van der Waals surface area contributed by atoms with E-state index in [4.69, 9.17) is 4.74 Å². The Hall–Kier alpha value is -1.08. The van der Waals surface area contributed by atoms with Gasteiger partial charge in [0.2, 0.25) is 0 Å². The lowest BCUT2D eigenvalue weighted by Gasteiger charge is -2.21. The van der Waals surface area contributed by atoms with Crippen LogP contribution in [0.1, 0.15) is 22.3 Å². The summed E-state index contributed by atoms with van der Waals surface area (Å²) in [6.45, 7) is 1.85. The Morgan fingerprint density at radius 1 is 1.25 bits per heavy atom. The maximum atomic E-state index is 12.7. The number of rotatable bonds is 1. The molecule has 3 nitrogen and oxygen atoms in total. The highest BCUT2D eigenvalue weighted by Gasteiger charge is 2.32. The van der Waals surface area contributed by atoms with Crippen molar-refractivity contribution in [3.05, 3.63) is 33.8 Å². The van der Waals surface area contributed by atoms with Crippen molar-refractivity contribution in [1.82, 2.24) is 4.90 Å². The molecule has 1 aromatic rings. The molecule has 1 aromatic carbocycles. The van der Waals surface area contributed by atoms with Gasteiger partial charge in [-0.2, -0.15) is 13.2 Å². The molecule has 7 heteroatoms. The SMILES string of the molecule is O=C(c1cc(C(F)(F)F)ccc1Br)N1CCCOCC1. The number of nitrogens with zero attached hydrogens (tertiary/aromatic N) is 1. The summed E-state index contributed by atoms with van der Waals surface area (Å²) in [5.41, 5.74) is -0.795. The first-order valence-electron chi connectivity index (χ1n) is 6.13. The molecule has 1 aliphatic rings. The first kappa shape index (κ1) is 15.3. The largest absolute Gasteiger partial charge is 0.416 e. The van der Waals surface area contributed by atoms with Crippen LogP contribution in [0.3, 0.4) is 0 Å². The highest BCUT2D eigenvalue weighted by molar-refractivity contribution is 9.10. The lowest BCUT2D eigenvalue weighted by atomic mass is 10.1. The number of amides is 1. The molecule has 110 valence electrons. The number of ether oxygens (including phenoxy) is 1. The van der Waals surface area contributed by atoms with Gasteiger partial charge in [0.05, 0.1) is 17.7 Å². The Kier molecular flexibility index (Phi) is 4.70. The molecule has 1 saturated heterocycles. The molecular weight excluding hydrogens is 339 g/mol. The van der Waals surface area contributed by atoms with Gasteiger partial charge in [-0.05, 0) is 40.5 Å². The average molecular weight is 352 g/mol. The minimum atomic E-state index is -4.46. The van der Waals surface area contributed by atoms with Gasteiger partial charge in [-0.1, -0.05) is 0 Å². The molecule has 0 bridgehead atoms. The number of alkyl halides is 3. The third-order valence-corrected chi connectivity index (χ3v) is 3.73. The zero-order valence-corrected chi connectivity index (χ0v) is 12.1. The first-order chi connectivity index (χ1) is 9.39. The normalized spacial score (nSPS) is 16.9. The Bertz CT molecular complexity index is 497. The molecule has 2 rings (SSSR count). The zero-order valence-electron chi connectivity index (χ0n) is 10.5. The van der Waals surface area contributed by atoms with Crippen LogP contribution in [0, 0.1) is 0 Å². The molecule has 0 spiro atoms. The standard InChI is InChI=1S/C13H13BrF3NO2/c14-11-3-2-9(13(15,16)17)8-10(11)12(19)18-4-1-6-20-7-5-18/h2-3,8H,1,4-7H2. The van der Waals surface area contributed by atoms with E-state index >= 15 is 0 Å². The Labute approximate surface area is 122 Å². The number of benzene rings is 1. The molecule has 0 aromatic heterocycles. The Morgan fingerprint density at radius 2 is 2.00 bits per heavy atom. The van der Waals surface area contributed by atoms with E-state index in [1.807, 2.05) is 0 Å². The summed E-state index contributed by atoms with van der Waals surface area (Å²) in [6, 6.07) is 3.09. The van der Waals surface area contributed by atoms with Crippen molar-refractivity contribution in [2.45, 2.75) is 12.6 Å². The Balaban J connectivity index is 2.28. The van der Waals surface area contributed by atoms with E-state index in [0.717, 1.165) is 12.1 Å². The zero-order chi connectivity index (χ0) is 14.8. The van der Waals surface area contributed by atoms with Crippen LogP contribution in [-0.2, 0) is 10.9 Å². The summed E-state index contributed by atoms with van der Waals surface area (Å²) in [4.78, 5) is 13.8. The fourth-order valence-corrected chi connectivity index (χ4v) is 2.40. The van der Waals surface area contributed by atoms with Crippen molar-refractivity contribution >= 4 is 21.8 Å². The van der Waals surface area contributed by atoms with E-state index in [-0.39, 0.29) is 5.56 Å².